The number of anilines is 1. The molecule has 3 heterocycles. The van der Waals surface area contributed by atoms with Crippen LogP contribution in [0.5, 0.6) is 0 Å². The maximum absolute atomic E-state index is 12.7. The molecule has 0 saturated carbocycles. The number of amides is 1. The van der Waals surface area contributed by atoms with Crippen molar-refractivity contribution in [1.82, 2.24) is 14.8 Å². The topological polar surface area (TPSA) is 68.7 Å². The van der Waals surface area contributed by atoms with Crippen LogP contribution in [-0.2, 0) is 11.2 Å². The average Bonchev–Trinajstić information content (AvgIpc) is 3.39. The fraction of sp³-hybridized carbons (Fsp3) is 0.440. The standard InChI is InChI=1S/C25H29ClN4O2S/c26-19-7-8-20-21(15-19)33-24(27-20)28-23(32)17-29-14-11-25(22(31)16-29)10-4-12-30(25)13-9-18-5-2-1-3-6-18/h1-3,5-8,15,22,31H,4,9-14,16-17H2,(H,27,28,32)/t22-,25-/m0/s1. The van der Waals surface area contributed by atoms with Crippen molar-refractivity contribution in [2.24, 2.45) is 0 Å². The van der Waals surface area contributed by atoms with Crippen LogP contribution >= 0.6 is 22.9 Å². The minimum atomic E-state index is -0.457. The van der Waals surface area contributed by atoms with Gasteiger partial charge in [-0.3, -0.25) is 14.6 Å². The summed E-state index contributed by atoms with van der Waals surface area (Å²) < 4.78 is 0.949. The molecule has 3 aromatic rings. The van der Waals surface area contributed by atoms with Crippen LogP contribution in [0.1, 0.15) is 24.8 Å². The Morgan fingerprint density at radius 1 is 1.21 bits per heavy atom. The highest BCUT2D eigenvalue weighted by Gasteiger charge is 2.49. The van der Waals surface area contributed by atoms with E-state index < -0.39 is 6.10 Å². The van der Waals surface area contributed by atoms with Crippen LogP contribution in [0.25, 0.3) is 10.2 Å². The highest BCUT2D eigenvalue weighted by molar-refractivity contribution is 7.22. The number of carbonyl (C=O) groups is 1. The number of thiazole rings is 1. The molecule has 1 amide bonds. The number of benzene rings is 2. The molecule has 0 radical (unpaired) electrons. The number of aromatic nitrogens is 1. The maximum Gasteiger partial charge on any atom is 0.240 e. The van der Waals surface area contributed by atoms with Gasteiger partial charge in [-0.05, 0) is 56.0 Å². The lowest BCUT2D eigenvalue weighted by atomic mass is 9.82. The summed E-state index contributed by atoms with van der Waals surface area (Å²) in [6.07, 6.45) is 3.57. The molecule has 2 N–H and O–H groups in total. The molecular weight excluding hydrogens is 456 g/mol. The highest BCUT2D eigenvalue weighted by Crippen LogP contribution is 2.38. The normalized spacial score (nSPS) is 24.0. The predicted molar refractivity (Wildman–Crippen MR) is 134 cm³/mol. The zero-order chi connectivity index (χ0) is 22.8. The summed E-state index contributed by atoms with van der Waals surface area (Å²) >= 11 is 7.47. The number of halogens is 1. The lowest BCUT2D eigenvalue weighted by molar-refractivity contribution is -0.120. The zero-order valence-electron chi connectivity index (χ0n) is 18.5. The SMILES string of the molecule is O=C(CN1CC[C@@]2(CCCN2CCc2ccccc2)[C@@H](O)C1)Nc1nc2ccc(Cl)cc2s1. The van der Waals surface area contributed by atoms with Gasteiger partial charge < -0.3 is 10.4 Å². The van der Waals surface area contributed by atoms with Crippen molar-refractivity contribution in [3.05, 3.63) is 59.1 Å². The second-order valence-electron chi connectivity index (χ2n) is 9.11. The van der Waals surface area contributed by atoms with Crippen molar-refractivity contribution in [2.75, 3.05) is 38.0 Å². The van der Waals surface area contributed by atoms with E-state index in [4.69, 9.17) is 11.6 Å². The van der Waals surface area contributed by atoms with E-state index >= 15 is 0 Å². The summed E-state index contributed by atoms with van der Waals surface area (Å²) in [6.45, 7) is 3.58. The Bertz CT molecular complexity index is 1120. The number of nitrogens with zero attached hydrogens (tertiary/aromatic N) is 3. The number of β-amino-alcohol motifs (C(OH)–C–C–N with tert-alkyl or cyclic N) is 1. The van der Waals surface area contributed by atoms with Crippen LogP contribution in [0.4, 0.5) is 5.13 Å². The second-order valence-corrected chi connectivity index (χ2v) is 10.6. The number of aliphatic hydroxyl groups excluding tert-OH is 1. The van der Waals surface area contributed by atoms with E-state index in [1.807, 2.05) is 18.2 Å². The highest BCUT2D eigenvalue weighted by atomic mass is 35.5. The van der Waals surface area contributed by atoms with Crippen LogP contribution in [-0.4, -0.2) is 70.2 Å². The fourth-order valence-electron chi connectivity index (χ4n) is 5.34. The van der Waals surface area contributed by atoms with Crippen molar-refractivity contribution in [2.45, 2.75) is 37.3 Å². The smallest absolute Gasteiger partial charge is 0.240 e. The number of carbonyl (C=O) groups excluding carboxylic acids is 1. The fourth-order valence-corrected chi connectivity index (χ4v) is 6.50. The van der Waals surface area contributed by atoms with Crippen LogP contribution in [0, 0.1) is 0 Å². The molecule has 2 aliphatic heterocycles. The maximum atomic E-state index is 12.7. The van der Waals surface area contributed by atoms with E-state index in [0.717, 1.165) is 55.5 Å². The Balaban J connectivity index is 1.16. The van der Waals surface area contributed by atoms with Gasteiger partial charge in [0, 0.05) is 30.2 Å². The van der Waals surface area contributed by atoms with Crippen molar-refractivity contribution in [3.63, 3.8) is 0 Å². The largest absolute Gasteiger partial charge is 0.390 e. The lowest BCUT2D eigenvalue weighted by Gasteiger charge is -2.48. The minimum Gasteiger partial charge on any atom is -0.390 e. The molecule has 0 unspecified atom stereocenters. The van der Waals surface area contributed by atoms with Gasteiger partial charge in [0.1, 0.15) is 0 Å². The predicted octanol–water partition coefficient (Wildman–Crippen LogP) is 4.03. The Morgan fingerprint density at radius 2 is 2.06 bits per heavy atom. The van der Waals surface area contributed by atoms with Crippen LogP contribution < -0.4 is 5.32 Å². The first-order valence-corrected chi connectivity index (χ1v) is 12.8. The first kappa shape index (κ1) is 22.7. The second kappa shape index (κ2) is 9.68. The number of fused-ring (bicyclic) bond motifs is 1. The average molecular weight is 485 g/mol. The van der Waals surface area contributed by atoms with E-state index in [1.54, 1.807) is 6.07 Å². The van der Waals surface area contributed by atoms with Crippen molar-refractivity contribution < 1.29 is 9.90 Å². The first-order valence-electron chi connectivity index (χ1n) is 11.6. The van der Waals surface area contributed by atoms with E-state index in [2.05, 4.69) is 44.4 Å². The molecular formula is C25H29ClN4O2S. The number of hydrogen-bond donors (Lipinski definition) is 2. The number of rotatable bonds is 6. The van der Waals surface area contributed by atoms with Gasteiger partial charge in [0.05, 0.1) is 22.9 Å². The van der Waals surface area contributed by atoms with Gasteiger partial charge in [0.2, 0.25) is 5.91 Å². The summed E-state index contributed by atoms with van der Waals surface area (Å²) in [7, 11) is 0. The Morgan fingerprint density at radius 3 is 2.88 bits per heavy atom. The molecule has 0 aliphatic carbocycles. The number of nitrogens with one attached hydrogen (secondary N) is 1. The number of piperidine rings is 1. The molecule has 2 atom stereocenters. The summed E-state index contributed by atoms with van der Waals surface area (Å²) in [5.74, 6) is -0.101. The van der Waals surface area contributed by atoms with E-state index in [1.165, 1.54) is 16.9 Å². The summed E-state index contributed by atoms with van der Waals surface area (Å²) in [4.78, 5) is 21.7. The molecule has 174 valence electrons. The molecule has 2 saturated heterocycles. The molecule has 1 aromatic heterocycles. The van der Waals surface area contributed by atoms with Crippen LogP contribution in [0.3, 0.4) is 0 Å². The van der Waals surface area contributed by atoms with E-state index in [9.17, 15) is 9.90 Å². The minimum absolute atomic E-state index is 0.101. The van der Waals surface area contributed by atoms with Crippen LogP contribution in [0.2, 0.25) is 5.02 Å². The monoisotopic (exact) mass is 484 g/mol. The quantitative estimate of drug-likeness (QED) is 0.552. The molecule has 2 aromatic carbocycles. The zero-order valence-corrected chi connectivity index (χ0v) is 20.1. The summed E-state index contributed by atoms with van der Waals surface area (Å²) in [6, 6.07) is 16.1. The third-order valence-corrected chi connectivity index (χ3v) is 8.23. The van der Waals surface area contributed by atoms with Gasteiger partial charge in [-0.15, -0.1) is 0 Å². The molecule has 33 heavy (non-hydrogen) atoms. The van der Waals surface area contributed by atoms with Crippen LogP contribution in [0.15, 0.2) is 48.5 Å². The molecule has 2 fully saturated rings. The van der Waals surface area contributed by atoms with Crippen molar-refractivity contribution in [3.8, 4) is 0 Å². The number of aliphatic hydroxyl groups is 1. The van der Waals surface area contributed by atoms with Crippen molar-refractivity contribution in [1.29, 1.82) is 0 Å². The van der Waals surface area contributed by atoms with E-state index in [0.29, 0.717) is 16.7 Å². The van der Waals surface area contributed by atoms with E-state index in [-0.39, 0.29) is 18.0 Å². The Kier molecular flexibility index (Phi) is 6.67. The molecule has 6 nitrogen and oxygen atoms in total. The molecule has 1 spiro atoms. The molecule has 2 aliphatic rings. The Hall–Kier alpha value is -2.03. The summed E-state index contributed by atoms with van der Waals surface area (Å²) in [5.41, 5.74) is 2.00. The first-order chi connectivity index (χ1) is 16.0. The summed E-state index contributed by atoms with van der Waals surface area (Å²) in [5, 5.41) is 15.3. The van der Waals surface area contributed by atoms with Gasteiger partial charge >= 0.3 is 0 Å². The van der Waals surface area contributed by atoms with Gasteiger partial charge in [0.25, 0.3) is 0 Å². The van der Waals surface area contributed by atoms with Gasteiger partial charge in [-0.2, -0.15) is 0 Å². The van der Waals surface area contributed by atoms with Crippen molar-refractivity contribution >= 4 is 44.2 Å². The molecule has 5 rings (SSSR count). The lowest BCUT2D eigenvalue weighted by Crippen LogP contribution is -2.62. The Labute approximate surface area is 203 Å². The van der Waals surface area contributed by atoms with Gasteiger partial charge in [-0.25, -0.2) is 4.98 Å². The number of likely N-dealkylation sites (tertiary alicyclic amines) is 2. The number of hydrogen-bond acceptors (Lipinski definition) is 6. The molecule has 8 heteroatoms. The third kappa shape index (κ3) is 4.93. The molecule has 0 bridgehead atoms. The third-order valence-electron chi connectivity index (χ3n) is 7.06. The van der Waals surface area contributed by atoms with Gasteiger partial charge in [-0.1, -0.05) is 53.3 Å². The van der Waals surface area contributed by atoms with Gasteiger partial charge in [0.15, 0.2) is 5.13 Å².